The first kappa shape index (κ1) is 47.7. The summed E-state index contributed by atoms with van der Waals surface area (Å²) in [6, 6.07) is 5.91. The van der Waals surface area contributed by atoms with Gasteiger partial charge < -0.3 is 61.5 Å². The number of carbonyl (C=O) groups is 4. The first-order valence-electron chi connectivity index (χ1n) is 20.5. The average Bonchev–Trinajstić information content (AvgIpc) is 3.20. The lowest BCUT2D eigenvalue weighted by Crippen LogP contribution is -2.44. The second-order valence-corrected chi connectivity index (χ2v) is 15.1. The quantitative estimate of drug-likeness (QED) is 0.0758. The van der Waals surface area contributed by atoms with Gasteiger partial charge in [-0.05, 0) is 118 Å². The van der Waals surface area contributed by atoms with Gasteiger partial charge in [0.25, 0.3) is 23.6 Å². The number of nitrogens with two attached hydrogens (primary N) is 2. The van der Waals surface area contributed by atoms with E-state index in [2.05, 4.69) is 21.3 Å². The van der Waals surface area contributed by atoms with Crippen LogP contribution in [0.2, 0.25) is 0 Å². The Labute approximate surface area is 344 Å². The fourth-order valence-electron chi connectivity index (χ4n) is 6.50. The zero-order valence-corrected chi connectivity index (χ0v) is 35.5. The van der Waals surface area contributed by atoms with E-state index in [0.29, 0.717) is 95.4 Å². The number of nitrogens with one attached hydrogen (secondary N) is 4. The molecule has 0 atom stereocenters. The summed E-state index contributed by atoms with van der Waals surface area (Å²) in [4.78, 5) is 58.1. The lowest BCUT2D eigenvalue weighted by Gasteiger charge is -2.30. The summed E-state index contributed by atoms with van der Waals surface area (Å²) in [6.07, 6.45) is 7.46. The number of unbranched alkanes of at least 4 members (excludes halogenated alkanes) is 4. The highest BCUT2D eigenvalue weighted by atomic mass is 16.5. The van der Waals surface area contributed by atoms with E-state index < -0.39 is 0 Å². The predicted molar refractivity (Wildman–Crippen MR) is 226 cm³/mol. The molecule has 58 heavy (non-hydrogen) atoms. The first-order valence-corrected chi connectivity index (χ1v) is 20.5. The van der Waals surface area contributed by atoms with Gasteiger partial charge in [-0.15, -0.1) is 0 Å². The molecule has 4 amide bonds. The van der Waals surface area contributed by atoms with E-state index in [9.17, 15) is 19.2 Å². The second-order valence-electron chi connectivity index (χ2n) is 15.1. The summed E-state index contributed by atoms with van der Waals surface area (Å²) in [5.41, 5.74) is 12.3. The van der Waals surface area contributed by atoms with Crippen molar-refractivity contribution in [1.29, 1.82) is 0 Å². The van der Waals surface area contributed by atoms with Crippen LogP contribution in [0.15, 0.2) is 24.3 Å². The Morgan fingerprint density at radius 1 is 0.552 bits per heavy atom. The number of benzene rings is 2. The number of likely N-dealkylation sites (N-methyl/N-ethyl adjacent to an activating group) is 2. The monoisotopic (exact) mass is 813 g/mol. The van der Waals surface area contributed by atoms with Gasteiger partial charge >= 0.3 is 0 Å². The first-order chi connectivity index (χ1) is 27.9. The maximum Gasteiger partial charge on any atom is 0.255 e. The van der Waals surface area contributed by atoms with Gasteiger partial charge in [0.1, 0.15) is 23.0 Å². The van der Waals surface area contributed by atoms with Gasteiger partial charge in [0.05, 0.1) is 49.7 Å². The number of methoxy groups -OCH3 is 2. The SMILES string of the molecule is COc1cc(OC)c(C(=O)N[C@H]2CC[C@H](NC(=O)c3cc(C(=O)NCCN(C)C)c(OCCCCCN)cc3OCCCCCN)CC2)cc1C(=O)NCCN(C)C. The highest BCUT2D eigenvalue weighted by molar-refractivity contribution is 6.04. The second kappa shape index (κ2) is 25.7. The van der Waals surface area contributed by atoms with Crippen molar-refractivity contribution in [2.45, 2.75) is 76.3 Å². The Hall–Kier alpha value is -4.64. The lowest BCUT2D eigenvalue weighted by atomic mass is 9.90. The molecule has 0 aromatic heterocycles. The Kier molecular flexibility index (Phi) is 21.1. The summed E-state index contributed by atoms with van der Waals surface area (Å²) in [5.74, 6) is -0.163. The molecule has 1 fully saturated rings. The van der Waals surface area contributed by atoms with Gasteiger partial charge in [0, 0.05) is 50.4 Å². The van der Waals surface area contributed by atoms with E-state index in [1.54, 1.807) is 18.2 Å². The molecular formula is C42H68N8O8. The average molecular weight is 813 g/mol. The van der Waals surface area contributed by atoms with Crippen LogP contribution >= 0.6 is 0 Å². The zero-order chi connectivity index (χ0) is 42.5. The minimum Gasteiger partial charge on any atom is -0.496 e. The number of hydrogen-bond acceptors (Lipinski definition) is 12. The number of rotatable bonds is 26. The summed E-state index contributed by atoms with van der Waals surface area (Å²) in [7, 11) is 10.6. The van der Waals surface area contributed by atoms with Crippen molar-refractivity contribution < 1.29 is 38.1 Å². The summed E-state index contributed by atoms with van der Waals surface area (Å²) < 4.78 is 23.3. The van der Waals surface area contributed by atoms with Crippen LogP contribution in [0.1, 0.15) is 106 Å². The molecule has 0 spiro atoms. The number of carbonyl (C=O) groups excluding carboxylic acids is 4. The topological polar surface area (TPSA) is 212 Å². The van der Waals surface area contributed by atoms with Gasteiger partial charge in [0.2, 0.25) is 0 Å². The van der Waals surface area contributed by atoms with Crippen LogP contribution in [0.3, 0.4) is 0 Å². The number of amides is 4. The fourth-order valence-corrected chi connectivity index (χ4v) is 6.50. The molecule has 0 saturated heterocycles. The highest BCUT2D eigenvalue weighted by Crippen LogP contribution is 2.32. The van der Waals surface area contributed by atoms with E-state index in [1.807, 2.05) is 38.0 Å². The molecule has 0 bridgehead atoms. The van der Waals surface area contributed by atoms with Crippen LogP contribution in [0.25, 0.3) is 0 Å². The highest BCUT2D eigenvalue weighted by Gasteiger charge is 2.29. The van der Waals surface area contributed by atoms with Crippen molar-refractivity contribution in [3.05, 3.63) is 46.5 Å². The van der Waals surface area contributed by atoms with Crippen molar-refractivity contribution in [3.63, 3.8) is 0 Å². The standard InChI is InChI=1S/C42H68N8O8/c1-49(2)21-19-45-39(51)31-25-32(36(56-6)27-35(31)55-5)41(53)47-29-13-15-30(16-14-29)48-42(54)34-26-33(40(52)46-20-22-50(3)4)37(57-23-11-7-9-17-43)28-38(34)58-24-12-8-10-18-44/h25-30H,7-24,43-44H2,1-6H3,(H,45,51)(H,46,52)(H,47,53)(H,48,54)/t29-,30-. The summed E-state index contributed by atoms with van der Waals surface area (Å²) in [5, 5.41) is 12.1. The molecule has 0 radical (unpaired) electrons. The maximum atomic E-state index is 14.0. The minimum atomic E-state index is -0.374. The van der Waals surface area contributed by atoms with Gasteiger partial charge in [-0.2, -0.15) is 0 Å². The van der Waals surface area contributed by atoms with Crippen LogP contribution in [-0.2, 0) is 0 Å². The number of nitrogens with zero attached hydrogens (tertiary/aromatic N) is 2. The predicted octanol–water partition coefficient (Wildman–Crippen LogP) is 2.77. The molecule has 16 heteroatoms. The van der Waals surface area contributed by atoms with Crippen LogP contribution in [0.5, 0.6) is 23.0 Å². The van der Waals surface area contributed by atoms with Crippen molar-refractivity contribution in [1.82, 2.24) is 31.1 Å². The third-order valence-corrected chi connectivity index (χ3v) is 9.88. The number of hydrogen-bond donors (Lipinski definition) is 6. The normalized spacial score (nSPS) is 15.1. The van der Waals surface area contributed by atoms with Gasteiger partial charge in [-0.3, -0.25) is 19.2 Å². The molecule has 324 valence electrons. The van der Waals surface area contributed by atoms with E-state index in [4.69, 9.17) is 30.4 Å². The summed E-state index contributed by atoms with van der Waals surface area (Å²) >= 11 is 0. The van der Waals surface area contributed by atoms with Gasteiger partial charge in [-0.1, -0.05) is 0 Å². The molecule has 2 aromatic carbocycles. The molecule has 16 nitrogen and oxygen atoms in total. The molecule has 1 aliphatic rings. The largest absolute Gasteiger partial charge is 0.496 e. The molecule has 0 heterocycles. The van der Waals surface area contributed by atoms with Gasteiger partial charge in [0.15, 0.2) is 0 Å². The fraction of sp³-hybridized carbons (Fsp3) is 0.619. The zero-order valence-electron chi connectivity index (χ0n) is 35.5. The molecule has 2 aromatic rings. The Morgan fingerprint density at radius 3 is 1.29 bits per heavy atom. The molecule has 0 aliphatic heterocycles. The Balaban J connectivity index is 1.76. The molecular weight excluding hydrogens is 745 g/mol. The lowest BCUT2D eigenvalue weighted by molar-refractivity contribution is 0.0886. The Morgan fingerprint density at radius 2 is 0.914 bits per heavy atom. The van der Waals surface area contributed by atoms with Crippen molar-refractivity contribution >= 4 is 23.6 Å². The molecule has 8 N–H and O–H groups in total. The van der Waals surface area contributed by atoms with E-state index >= 15 is 0 Å². The van der Waals surface area contributed by atoms with E-state index in [0.717, 1.165) is 38.5 Å². The van der Waals surface area contributed by atoms with Crippen molar-refractivity contribution in [2.24, 2.45) is 11.5 Å². The third-order valence-electron chi connectivity index (χ3n) is 9.88. The van der Waals surface area contributed by atoms with Crippen LogP contribution in [-0.4, -0.2) is 140 Å². The van der Waals surface area contributed by atoms with Crippen LogP contribution < -0.4 is 51.7 Å². The van der Waals surface area contributed by atoms with E-state index in [1.165, 1.54) is 20.3 Å². The van der Waals surface area contributed by atoms with Crippen LogP contribution in [0, 0.1) is 0 Å². The maximum absolute atomic E-state index is 14.0. The summed E-state index contributed by atoms with van der Waals surface area (Å²) in [6.45, 7) is 4.08. The Bertz CT molecular complexity index is 1610. The minimum absolute atomic E-state index is 0.170. The molecule has 3 rings (SSSR count). The van der Waals surface area contributed by atoms with Crippen molar-refractivity contribution in [3.8, 4) is 23.0 Å². The van der Waals surface area contributed by atoms with Crippen LogP contribution in [0.4, 0.5) is 0 Å². The molecule has 1 saturated carbocycles. The van der Waals surface area contributed by atoms with Crippen molar-refractivity contribution in [2.75, 3.05) is 94.9 Å². The smallest absolute Gasteiger partial charge is 0.255 e. The molecule has 0 unspecified atom stereocenters. The third kappa shape index (κ3) is 15.6. The van der Waals surface area contributed by atoms with E-state index in [-0.39, 0.29) is 63.7 Å². The number of ether oxygens (including phenoxy) is 4. The van der Waals surface area contributed by atoms with Gasteiger partial charge in [-0.25, -0.2) is 0 Å². The molecule has 1 aliphatic carbocycles.